The lowest BCUT2D eigenvalue weighted by Gasteiger charge is -2.29. The van der Waals surface area contributed by atoms with Crippen molar-refractivity contribution in [1.82, 2.24) is 5.32 Å². The molecule has 8 heteroatoms. The summed E-state index contributed by atoms with van der Waals surface area (Å²) in [6.07, 6.45) is -0.605. The Morgan fingerprint density at radius 3 is 2.63 bits per heavy atom. The monoisotopic (exact) mass is 377 g/mol. The van der Waals surface area contributed by atoms with E-state index in [0.717, 1.165) is 0 Å². The van der Waals surface area contributed by atoms with Gasteiger partial charge in [0.25, 0.3) is 5.91 Å². The fraction of sp³-hybridized carbons (Fsp3) is 0.526. The van der Waals surface area contributed by atoms with Crippen molar-refractivity contribution in [2.75, 3.05) is 29.9 Å². The number of rotatable bonds is 5. The van der Waals surface area contributed by atoms with Crippen molar-refractivity contribution in [2.45, 2.75) is 40.2 Å². The van der Waals surface area contributed by atoms with Crippen molar-refractivity contribution in [3.05, 3.63) is 18.2 Å². The van der Waals surface area contributed by atoms with Crippen LogP contribution in [0.15, 0.2) is 18.2 Å². The number of anilines is 2. The number of benzene rings is 1. The Morgan fingerprint density at radius 1 is 1.30 bits per heavy atom. The van der Waals surface area contributed by atoms with Crippen LogP contribution in [0.5, 0.6) is 5.75 Å². The Morgan fingerprint density at radius 2 is 2.00 bits per heavy atom. The predicted molar refractivity (Wildman–Crippen MR) is 102 cm³/mol. The molecule has 2 rings (SSSR count). The van der Waals surface area contributed by atoms with Crippen molar-refractivity contribution < 1.29 is 23.9 Å². The van der Waals surface area contributed by atoms with Crippen LogP contribution in [-0.2, 0) is 14.3 Å². The summed E-state index contributed by atoms with van der Waals surface area (Å²) in [5.74, 6) is 0.208. The standard InChI is InChI=1S/C19H27N3O5/c1-12(2)9-20-16(23)10-22-14-8-13(21-18(25)27-19(3,4)5)6-7-15(14)26-11-17(22)24/h6-8,12H,9-11H2,1-5H3,(H,20,23)(H,21,25). The van der Waals surface area contributed by atoms with Crippen LogP contribution in [0.1, 0.15) is 34.6 Å². The molecule has 1 aliphatic heterocycles. The van der Waals surface area contributed by atoms with E-state index in [1.807, 2.05) is 13.8 Å². The molecular formula is C19H27N3O5. The van der Waals surface area contributed by atoms with E-state index in [2.05, 4.69) is 10.6 Å². The number of amides is 3. The molecule has 1 aromatic rings. The normalized spacial score (nSPS) is 13.7. The molecule has 27 heavy (non-hydrogen) atoms. The molecule has 0 saturated heterocycles. The average molecular weight is 377 g/mol. The second kappa shape index (κ2) is 8.28. The van der Waals surface area contributed by atoms with Crippen LogP contribution in [0.3, 0.4) is 0 Å². The van der Waals surface area contributed by atoms with E-state index in [1.54, 1.807) is 39.0 Å². The molecule has 0 fully saturated rings. The zero-order valence-corrected chi connectivity index (χ0v) is 16.4. The van der Waals surface area contributed by atoms with Crippen molar-refractivity contribution in [3.8, 4) is 5.75 Å². The molecular weight excluding hydrogens is 350 g/mol. The lowest BCUT2D eigenvalue weighted by molar-refractivity contribution is -0.125. The third-order valence-electron chi connectivity index (χ3n) is 3.56. The van der Waals surface area contributed by atoms with Crippen LogP contribution < -0.4 is 20.3 Å². The average Bonchev–Trinajstić information content (AvgIpc) is 2.54. The summed E-state index contributed by atoms with van der Waals surface area (Å²) in [5.41, 5.74) is 0.242. The predicted octanol–water partition coefficient (Wildman–Crippen LogP) is 2.53. The smallest absolute Gasteiger partial charge is 0.412 e. The Hall–Kier alpha value is -2.77. The van der Waals surface area contributed by atoms with E-state index in [-0.39, 0.29) is 25.0 Å². The first kappa shape index (κ1) is 20.5. The van der Waals surface area contributed by atoms with Gasteiger partial charge in [0.2, 0.25) is 5.91 Å². The van der Waals surface area contributed by atoms with Crippen molar-refractivity contribution in [1.29, 1.82) is 0 Å². The Balaban J connectivity index is 2.15. The fourth-order valence-electron chi connectivity index (χ4n) is 2.39. The number of nitrogens with zero attached hydrogens (tertiary/aromatic N) is 1. The van der Waals surface area contributed by atoms with E-state index in [9.17, 15) is 14.4 Å². The lowest BCUT2D eigenvalue weighted by Crippen LogP contribution is -2.45. The van der Waals surface area contributed by atoms with Gasteiger partial charge in [0.1, 0.15) is 17.9 Å². The zero-order chi connectivity index (χ0) is 20.2. The molecule has 0 aromatic heterocycles. The van der Waals surface area contributed by atoms with Gasteiger partial charge in [-0.05, 0) is 44.9 Å². The summed E-state index contributed by atoms with van der Waals surface area (Å²) in [7, 11) is 0. The van der Waals surface area contributed by atoms with E-state index in [0.29, 0.717) is 29.6 Å². The second-order valence-electron chi connectivity index (χ2n) is 7.78. The third-order valence-corrected chi connectivity index (χ3v) is 3.56. The third kappa shape index (κ3) is 6.16. The van der Waals surface area contributed by atoms with E-state index in [4.69, 9.17) is 9.47 Å². The molecule has 0 spiro atoms. The lowest BCUT2D eigenvalue weighted by atomic mass is 10.2. The van der Waals surface area contributed by atoms with E-state index in [1.165, 1.54) is 4.90 Å². The summed E-state index contributed by atoms with van der Waals surface area (Å²) in [4.78, 5) is 37.7. The molecule has 1 aliphatic rings. The van der Waals surface area contributed by atoms with Gasteiger partial charge in [0.15, 0.2) is 6.61 Å². The highest BCUT2D eigenvalue weighted by atomic mass is 16.6. The summed E-state index contributed by atoms with van der Waals surface area (Å²) in [6, 6.07) is 4.88. The van der Waals surface area contributed by atoms with Gasteiger partial charge in [-0.25, -0.2) is 4.79 Å². The molecule has 3 amide bonds. The molecule has 2 N–H and O–H groups in total. The van der Waals surface area contributed by atoms with Gasteiger partial charge in [0, 0.05) is 12.2 Å². The highest BCUT2D eigenvalue weighted by Crippen LogP contribution is 2.34. The molecule has 1 heterocycles. The number of carbonyl (C=O) groups excluding carboxylic acids is 3. The van der Waals surface area contributed by atoms with Gasteiger partial charge >= 0.3 is 6.09 Å². The van der Waals surface area contributed by atoms with Crippen LogP contribution in [0.4, 0.5) is 16.2 Å². The van der Waals surface area contributed by atoms with Crippen molar-refractivity contribution in [2.24, 2.45) is 5.92 Å². The van der Waals surface area contributed by atoms with Gasteiger partial charge in [-0.3, -0.25) is 19.8 Å². The maximum atomic E-state index is 12.3. The number of nitrogens with one attached hydrogen (secondary N) is 2. The zero-order valence-electron chi connectivity index (χ0n) is 16.4. The van der Waals surface area contributed by atoms with E-state index < -0.39 is 11.7 Å². The number of hydrogen-bond donors (Lipinski definition) is 2. The highest BCUT2D eigenvalue weighted by molar-refractivity contribution is 6.03. The van der Waals surface area contributed by atoms with Crippen LogP contribution in [0, 0.1) is 5.92 Å². The van der Waals surface area contributed by atoms with Gasteiger partial charge in [0.05, 0.1) is 5.69 Å². The number of carbonyl (C=O) groups is 3. The van der Waals surface area contributed by atoms with Crippen LogP contribution in [0.25, 0.3) is 0 Å². The second-order valence-corrected chi connectivity index (χ2v) is 7.78. The molecule has 148 valence electrons. The molecule has 0 radical (unpaired) electrons. The fourth-order valence-corrected chi connectivity index (χ4v) is 2.39. The van der Waals surface area contributed by atoms with Crippen molar-refractivity contribution >= 4 is 29.3 Å². The molecule has 0 bridgehead atoms. The van der Waals surface area contributed by atoms with Gasteiger partial charge in [-0.1, -0.05) is 13.8 Å². The summed E-state index contributed by atoms with van der Waals surface area (Å²) >= 11 is 0. The highest BCUT2D eigenvalue weighted by Gasteiger charge is 2.28. The Labute approximate surface area is 159 Å². The first-order valence-electron chi connectivity index (χ1n) is 8.89. The first-order chi connectivity index (χ1) is 12.5. The quantitative estimate of drug-likeness (QED) is 0.822. The minimum Gasteiger partial charge on any atom is -0.482 e. The molecule has 8 nitrogen and oxygen atoms in total. The summed E-state index contributed by atoms with van der Waals surface area (Å²) < 4.78 is 10.6. The first-order valence-corrected chi connectivity index (χ1v) is 8.89. The minimum atomic E-state index is -0.627. The Kier molecular flexibility index (Phi) is 6.30. The topological polar surface area (TPSA) is 97.0 Å². The molecule has 0 aliphatic carbocycles. The van der Waals surface area contributed by atoms with Gasteiger partial charge < -0.3 is 14.8 Å². The van der Waals surface area contributed by atoms with Gasteiger partial charge in [-0.15, -0.1) is 0 Å². The van der Waals surface area contributed by atoms with Crippen LogP contribution in [0.2, 0.25) is 0 Å². The molecule has 0 unspecified atom stereocenters. The molecule has 1 aromatic carbocycles. The maximum absolute atomic E-state index is 12.3. The number of hydrogen-bond acceptors (Lipinski definition) is 5. The van der Waals surface area contributed by atoms with Gasteiger partial charge in [-0.2, -0.15) is 0 Å². The summed E-state index contributed by atoms with van der Waals surface area (Å²) in [6.45, 7) is 9.57. The molecule has 0 atom stereocenters. The van der Waals surface area contributed by atoms with Crippen molar-refractivity contribution in [3.63, 3.8) is 0 Å². The number of fused-ring (bicyclic) bond motifs is 1. The molecule has 0 saturated carbocycles. The van der Waals surface area contributed by atoms with E-state index >= 15 is 0 Å². The van der Waals surface area contributed by atoms with Crippen LogP contribution >= 0.6 is 0 Å². The maximum Gasteiger partial charge on any atom is 0.412 e. The Bertz CT molecular complexity index is 725. The summed E-state index contributed by atoms with van der Waals surface area (Å²) in [5, 5.41) is 5.41. The number of ether oxygens (including phenoxy) is 2. The largest absolute Gasteiger partial charge is 0.482 e. The van der Waals surface area contributed by atoms with Crippen LogP contribution in [-0.4, -0.2) is 43.2 Å². The SMILES string of the molecule is CC(C)CNC(=O)CN1C(=O)COc2ccc(NC(=O)OC(C)(C)C)cc21. The minimum absolute atomic E-state index is 0.113.